The normalized spacial score (nSPS) is 10.2. The molecule has 0 amide bonds. The number of nitrogens with zero attached hydrogens (tertiary/aromatic N) is 2. The van der Waals surface area contributed by atoms with Crippen molar-refractivity contribution in [3.8, 4) is 17.2 Å². The Morgan fingerprint density at radius 3 is 1.81 bits per heavy atom. The fraction of sp³-hybridized carbons (Fsp3) is 0.158. The Kier molecular flexibility index (Phi) is 5.83. The molecule has 0 radical (unpaired) electrons. The first-order valence-corrected chi connectivity index (χ1v) is 8.42. The van der Waals surface area contributed by atoms with E-state index >= 15 is 0 Å². The van der Waals surface area contributed by atoms with Gasteiger partial charge in [-0.15, -0.1) is 0 Å². The van der Waals surface area contributed by atoms with Crippen LogP contribution in [0, 0.1) is 0 Å². The Labute approximate surface area is 162 Å². The minimum atomic E-state index is 0.526. The lowest BCUT2D eigenvalue weighted by atomic mass is 10.2. The maximum Gasteiger partial charge on any atom is 0.203 e. The summed E-state index contributed by atoms with van der Waals surface area (Å²) in [6.07, 6.45) is 1.47. The number of hydrogen-bond acceptors (Lipinski definition) is 7. The van der Waals surface area contributed by atoms with Crippen molar-refractivity contribution in [2.75, 3.05) is 32.0 Å². The van der Waals surface area contributed by atoms with Crippen molar-refractivity contribution in [1.29, 1.82) is 0 Å². The molecule has 2 aromatic carbocycles. The Morgan fingerprint density at radius 1 is 0.741 bits per heavy atom. The molecule has 0 spiro atoms. The molecule has 0 unspecified atom stereocenters. The largest absolute Gasteiger partial charge is 0.493 e. The summed E-state index contributed by atoms with van der Waals surface area (Å²) in [4.78, 5) is 8.48. The van der Waals surface area contributed by atoms with Gasteiger partial charge in [0, 0.05) is 34.6 Å². The van der Waals surface area contributed by atoms with Gasteiger partial charge in [-0.1, -0.05) is 11.6 Å². The van der Waals surface area contributed by atoms with Crippen molar-refractivity contribution in [2.24, 2.45) is 0 Å². The monoisotopic (exact) mass is 386 g/mol. The summed E-state index contributed by atoms with van der Waals surface area (Å²) in [7, 11) is 4.70. The maximum atomic E-state index is 5.91. The quantitative estimate of drug-likeness (QED) is 0.612. The van der Waals surface area contributed by atoms with Crippen LogP contribution in [0.2, 0.25) is 5.02 Å². The summed E-state index contributed by atoms with van der Waals surface area (Å²) in [5.41, 5.74) is 1.61. The van der Waals surface area contributed by atoms with Gasteiger partial charge in [0.05, 0.1) is 21.3 Å². The van der Waals surface area contributed by atoms with E-state index in [4.69, 9.17) is 25.8 Å². The van der Waals surface area contributed by atoms with Crippen LogP contribution in [-0.4, -0.2) is 31.3 Å². The van der Waals surface area contributed by atoms with Crippen molar-refractivity contribution in [3.05, 3.63) is 53.8 Å². The average Bonchev–Trinajstić information content (AvgIpc) is 2.69. The van der Waals surface area contributed by atoms with Crippen LogP contribution in [0.1, 0.15) is 0 Å². The first-order valence-electron chi connectivity index (χ1n) is 8.04. The van der Waals surface area contributed by atoms with Gasteiger partial charge in [0.2, 0.25) is 5.75 Å². The molecule has 2 N–H and O–H groups in total. The topological polar surface area (TPSA) is 77.5 Å². The molecule has 1 aromatic heterocycles. The third kappa shape index (κ3) is 4.51. The molecular formula is C19H19ClN4O3. The third-order valence-corrected chi connectivity index (χ3v) is 3.97. The summed E-state index contributed by atoms with van der Waals surface area (Å²) in [6.45, 7) is 0. The van der Waals surface area contributed by atoms with Crippen LogP contribution in [0.5, 0.6) is 17.2 Å². The second-order valence-corrected chi connectivity index (χ2v) is 5.90. The summed E-state index contributed by atoms with van der Waals surface area (Å²) < 4.78 is 16.1. The Hall–Kier alpha value is -3.19. The van der Waals surface area contributed by atoms with Gasteiger partial charge in [0.25, 0.3) is 0 Å². The van der Waals surface area contributed by atoms with Crippen molar-refractivity contribution < 1.29 is 14.2 Å². The molecule has 0 bridgehead atoms. The molecule has 140 valence electrons. The maximum absolute atomic E-state index is 5.91. The molecule has 8 heteroatoms. The van der Waals surface area contributed by atoms with E-state index in [1.165, 1.54) is 6.33 Å². The Bertz CT molecular complexity index is 894. The Morgan fingerprint density at radius 2 is 1.30 bits per heavy atom. The van der Waals surface area contributed by atoms with Gasteiger partial charge in [-0.3, -0.25) is 0 Å². The Balaban J connectivity index is 1.82. The molecule has 7 nitrogen and oxygen atoms in total. The molecule has 0 aliphatic rings. The molecule has 0 aliphatic carbocycles. The van der Waals surface area contributed by atoms with Crippen molar-refractivity contribution in [2.45, 2.75) is 0 Å². The number of ether oxygens (including phenoxy) is 3. The molecule has 0 saturated heterocycles. The summed E-state index contributed by atoms with van der Waals surface area (Å²) in [5.74, 6) is 2.87. The zero-order valence-electron chi connectivity index (χ0n) is 15.1. The summed E-state index contributed by atoms with van der Waals surface area (Å²) in [5, 5.41) is 7.09. The molecule has 0 atom stereocenters. The van der Waals surface area contributed by atoms with E-state index in [0.29, 0.717) is 33.9 Å². The van der Waals surface area contributed by atoms with Gasteiger partial charge in [-0.25, -0.2) is 9.97 Å². The zero-order valence-corrected chi connectivity index (χ0v) is 15.9. The van der Waals surface area contributed by atoms with E-state index in [2.05, 4.69) is 20.6 Å². The standard InChI is InChI=1S/C19H19ClN4O3/c1-25-15-8-14(9-16(26-2)19(15)27-3)24-18-10-17(21-11-22-18)23-13-6-4-12(20)5-7-13/h4-11H,1-3H3,(H2,21,22,23,24). The van der Waals surface area contributed by atoms with Gasteiger partial charge in [0.15, 0.2) is 11.5 Å². The average molecular weight is 387 g/mol. The molecule has 1 heterocycles. The first-order chi connectivity index (χ1) is 13.1. The minimum absolute atomic E-state index is 0.526. The molecular weight excluding hydrogens is 368 g/mol. The fourth-order valence-electron chi connectivity index (χ4n) is 2.48. The fourth-order valence-corrected chi connectivity index (χ4v) is 2.60. The number of benzene rings is 2. The van der Waals surface area contributed by atoms with Gasteiger partial charge in [-0.05, 0) is 24.3 Å². The molecule has 3 rings (SSSR count). The van der Waals surface area contributed by atoms with Crippen LogP contribution in [0.4, 0.5) is 23.0 Å². The molecule has 0 saturated carbocycles. The van der Waals surface area contributed by atoms with Gasteiger partial charge < -0.3 is 24.8 Å². The predicted molar refractivity (Wildman–Crippen MR) is 106 cm³/mol. The second-order valence-electron chi connectivity index (χ2n) is 5.46. The van der Waals surface area contributed by atoms with E-state index in [1.807, 2.05) is 12.1 Å². The number of methoxy groups -OCH3 is 3. The van der Waals surface area contributed by atoms with Crippen LogP contribution in [-0.2, 0) is 0 Å². The number of aromatic nitrogens is 2. The highest BCUT2D eigenvalue weighted by molar-refractivity contribution is 6.30. The lowest BCUT2D eigenvalue weighted by molar-refractivity contribution is 0.324. The smallest absolute Gasteiger partial charge is 0.203 e. The van der Waals surface area contributed by atoms with Crippen LogP contribution >= 0.6 is 11.6 Å². The van der Waals surface area contributed by atoms with Crippen molar-refractivity contribution in [1.82, 2.24) is 9.97 Å². The van der Waals surface area contributed by atoms with Gasteiger partial charge in [0.1, 0.15) is 18.0 Å². The van der Waals surface area contributed by atoms with Crippen molar-refractivity contribution in [3.63, 3.8) is 0 Å². The van der Waals surface area contributed by atoms with E-state index in [-0.39, 0.29) is 0 Å². The zero-order chi connectivity index (χ0) is 19.2. The van der Waals surface area contributed by atoms with Crippen LogP contribution in [0.15, 0.2) is 48.8 Å². The molecule has 27 heavy (non-hydrogen) atoms. The number of rotatable bonds is 7. The lowest BCUT2D eigenvalue weighted by Crippen LogP contribution is -2.00. The van der Waals surface area contributed by atoms with E-state index in [0.717, 1.165) is 11.4 Å². The number of anilines is 4. The lowest BCUT2D eigenvalue weighted by Gasteiger charge is -2.15. The second kappa shape index (κ2) is 8.46. The van der Waals surface area contributed by atoms with Gasteiger partial charge in [-0.2, -0.15) is 0 Å². The van der Waals surface area contributed by atoms with E-state index in [1.54, 1.807) is 51.7 Å². The predicted octanol–water partition coefficient (Wildman–Crippen LogP) is 4.64. The minimum Gasteiger partial charge on any atom is -0.493 e. The summed E-state index contributed by atoms with van der Waals surface area (Å²) in [6, 6.07) is 12.7. The third-order valence-electron chi connectivity index (χ3n) is 3.72. The first kappa shape index (κ1) is 18.6. The van der Waals surface area contributed by atoms with Crippen LogP contribution < -0.4 is 24.8 Å². The highest BCUT2D eigenvalue weighted by atomic mass is 35.5. The molecule has 3 aromatic rings. The van der Waals surface area contributed by atoms with E-state index in [9.17, 15) is 0 Å². The number of nitrogens with one attached hydrogen (secondary N) is 2. The highest BCUT2D eigenvalue weighted by Gasteiger charge is 2.13. The highest BCUT2D eigenvalue weighted by Crippen LogP contribution is 2.40. The molecule has 0 aliphatic heterocycles. The molecule has 0 fully saturated rings. The SMILES string of the molecule is COc1cc(Nc2cc(Nc3ccc(Cl)cc3)ncn2)cc(OC)c1OC. The number of hydrogen-bond donors (Lipinski definition) is 2. The van der Waals surface area contributed by atoms with Gasteiger partial charge >= 0.3 is 0 Å². The van der Waals surface area contributed by atoms with Crippen molar-refractivity contribution >= 4 is 34.6 Å². The van der Waals surface area contributed by atoms with E-state index < -0.39 is 0 Å². The summed E-state index contributed by atoms with van der Waals surface area (Å²) >= 11 is 5.91. The van der Waals surface area contributed by atoms with Crippen LogP contribution in [0.25, 0.3) is 0 Å². The number of halogens is 1. The van der Waals surface area contributed by atoms with Crippen LogP contribution in [0.3, 0.4) is 0 Å².